The van der Waals surface area contributed by atoms with Crippen molar-refractivity contribution in [2.45, 2.75) is 6.54 Å². The quantitative estimate of drug-likeness (QED) is 0.639. The Labute approximate surface area is 121 Å². The van der Waals surface area contributed by atoms with Crippen LogP contribution in [0.2, 0.25) is 0 Å². The molecule has 0 bridgehead atoms. The fourth-order valence-electron chi connectivity index (χ4n) is 1.99. The smallest absolute Gasteiger partial charge is 0.181 e. The maximum Gasteiger partial charge on any atom is 0.181 e. The molecule has 2 aromatic carbocycles. The van der Waals surface area contributed by atoms with Crippen molar-refractivity contribution in [2.75, 3.05) is 5.32 Å². The van der Waals surface area contributed by atoms with Gasteiger partial charge in [-0.1, -0.05) is 6.07 Å². The van der Waals surface area contributed by atoms with Crippen molar-refractivity contribution >= 4 is 5.69 Å². The van der Waals surface area contributed by atoms with Crippen molar-refractivity contribution in [2.24, 2.45) is 0 Å². The summed E-state index contributed by atoms with van der Waals surface area (Å²) in [4.78, 5) is 3.89. The molecule has 5 nitrogen and oxygen atoms in total. The van der Waals surface area contributed by atoms with Gasteiger partial charge < -0.3 is 19.9 Å². The Morgan fingerprint density at radius 2 is 1.81 bits per heavy atom. The number of aromatic hydroxyl groups is 2. The number of phenolic OH excluding ortho intramolecular Hbond substituents is 2. The van der Waals surface area contributed by atoms with E-state index in [1.807, 2.05) is 24.3 Å². The Balaban J connectivity index is 1.66. The highest BCUT2D eigenvalue weighted by molar-refractivity contribution is 5.60. The van der Waals surface area contributed by atoms with Crippen LogP contribution >= 0.6 is 0 Å². The fourth-order valence-corrected chi connectivity index (χ4v) is 1.99. The van der Waals surface area contributed by atoms with Crippen molar-refractivity contribution < 1.29 is 14.6 Å². The summed E-state index contributed by atoms with van der Waals surface area (Å²) in [5, 5.41) is 22.0. The SMILES string of the molecule is Oc1ccc(CNc2ccc(-c3cnco3)cc2)cc1O. The minimum Gasteiger partial charge on any atom is -0.504 e. The lowest BCUT2D eigenvalue weighted by Gasteiger charge is -2.08. The van der Waals surface area contributed by atoms with Crippen LogP contribution in [0.3, 0.4) is 0 Å². The molecular formula is C16H14N2O3. The van der Waals surface area contributed by atoms with Gasteiger partial charge in [0.2, 0.25) is 0 Å². The maximum atomic E-state index is 9.45. The van der Waals surface area contributed by atoms with Crippen LogP contribution in [0.4, 0.5) is 5.69 Å². The zero-order valence-electron chi connectivity index (χ0n) is 11.2. The third-order valence-corrected chi connectivity index (χ3v) is 3.14. The van der Waals surface area contributed by atoms with Gasteiger partial charge in [0.15, 0.2) is 23.7 Å². The molecule has 0 aliphatic heterocycles. The molecule has 0 aliphatic rings. The molecule has 1 aromatic heterocycles. The Morgan fingerprint density at radius 1 is 1.00 bits per heavy atom. The van der Waals surface area contributed by atoms with Crippen molar-refractivity contribution in [1.82, 2.24) is 4.98 Å². The number of phenols is 2. The van der Waals surface area contributed by atoms with E-state index in [1.54, 1.807) is 12.3 Å². The monoisotopic (exact) mass is 282 g/mol. The van der Waals surface area contributed by atoms with Crippen molar-refractivity contribution in [3.8, 4) is 22.8 Å². The number of anilines is 1. The van der Waals surface area contributed by atoms with E-state index in [-0.39, 0.29) is 11.5 Å². The largest absolute Gasteiger partial charge is 0.504 e. The topological polar surface area (TPSA) is 78.5 Å². The molecular weight excluding hydrogens is 268 g/mol. The average molecular weight is 282 g/mol. The summed E-state index contributed by atoms with van der Waals surface area (Å²) in [7, 11) is 0. The van der Waals surface area contributed by atoms with Gasteiger partial charge in [0, 0.05) is 17.8 Å². The molecule has 0 amide bonds. The predicted octanol–water partition coefficient (Wildman–Crippen LogP) is 3.36. The summed E-state index contributed by atoms with van der Waals surface area (Å²) in [6.45, 7) is 0.551. The maximum absolute atomic E-state index is 9.45. The fraction of sp³-hybridized carbons (Fsp3) is 0.0625. The van der Waals surface area contributed by atoms with Crippen LogP contribution in [0.5, 0.6) is 11.5 Å². The van der Waals surface area contributed by atoms with Crippen LogP contribution in [0.1, 0.15) is 5.56 Å². The number of nitrogens with one attached hydrogen (secondary N) is 1. The number of rotatable bonds is 4. The predicted molar refractivity (Wildman–Crippen MR) is 79.0 cm³/mol. The summed E-state index contributed by atoms with van der Waals surface area (Å²) in [6, 6.07) is 12.5. The molecule has 3 rings (SSSR count). The number of nitrogens with zero attached hydrogens (tertiary/aromatic N) is 1. The third kappa shape index (κ3) is 2.97. The second-order valence-corrected chi connectivity index (χ2v) is 4.62. The van der Waals surface area contributed by atoms with Gasteiger partial charge in [-0.05, 0) is 42.0 Å². The Kier molecular flexibility index (Phi) is 3.47. The summed E-state index contributed by atoms with van der Waals surface area (Å²) < 4.78 is 5.23. The molecule has 0 fully saturated rings. The van der Waals surface area contributed by atoms with Gasteiger partial charge in [-0.25, -0.2) is 4.98 Å². The lowest BCUT2D eigenvalue weighted by atomic mass is 10.1. The van der Waals surface area contributed by atoms with Gasteiger partial charge in [0.1, 0.15) is 0 Å². The van der Waals surface area contributed by atoms with E-state index in [0.717, 1.165) is 22.6 Å². The van der Waals surface area contributed by atoms with Gasteiger partial charge in [0.25, 0.3) is 0 Å². The Bertz CT molecular complexity index is 722. The van der Waals surface area contributed by atoms with Gasteiger partial charge in [-0.15, -0.1) is 0 Å². The van der Waals surface area contributed by atoms with E-state index in [0.29, 0.717) is 6.54 Å². The second kappa shape index (κ2) is 5.58. The van der Waals surface area contributed by atoms with E-state index in [4.69, 9.17) is 4.42 Å². The minimum absolute atomic E-state index is 0.116. The first-order valence-corrected chi connectivity index (χ1v) is 6.46. The molecule has 0 unspecified atom stereocenters. The molecule has 3 N–H and O–H groups in total. The molecule has 21 heavy (non-hydrogen) atoms. The van der Waals surface area contributed by atoms with E-state index >= 15 is 0 Å². The molecule has 0 radical (unpaired) electrons. The van der Waals surface area contributed by atoms with E-state index in [9.17, 15) is 10.2 Å². The van der Waals surface area contributed by atoms with E-state index in [2.05, 4.69) is 10.3 Å². The molecule has 106 valence electrons. The second-order valence-electron chi connectivity index (χ2n) is 4.62. The van der Waals surface area contributed by atoms with Crippen molar-refractivity contribution in [1.29, 1.82) is 0 Å². The first kappa shape index (κ1) is 13.1. The normalized spacial score (nSPS) is 10.5. The highest BCUT2D eigenvalue weighted by Gasteiger charge is 2.03. The van der Waals surface area contributed by atoms with Gasteiger partial charge in [0.05, 0.1) is 6.20 Å². The molecule has 0 aliphatic carbocycles. The van der Waals surface area contributed by atoms with Crippen LogP contribution in [0.25, 0.3) is 11.3 Å². The highest BCUT2D eigenvalue weighted by Crippen LogP contribution is 2.25. The van der Waals surface area contributed by atoms with E-state index < -0.39 is 0 Å². The van der Waals surface area contributed by atoms with Crippen molar-refractivity contribution in [3.05, 3.63) is 60.6 Å². The van der Waals surface area contributed by atoms with Gasteiger partial charge >= 0.3 is 0 Å². The molecule has 5 heteroatoms. The average Bonchev–Trinajstić information content (AvgIpc) is 3.03. The van der Waals surface area contributed by atoms with Gasteiger partial charge in [-0.2, -0.15) is 0 Å². The third-order valence-electron chi connectivity index (χ3n) is 3.14. The Hall–Kier alpha value is -2.95. The molecule has 0 atom stereocenters. The number of oxazole rings is 1. The number of benzene rings is 2. The summed E-state index contributed by atoms with van der Waals surface area (Å²) in [6.07, 6.45) is 3.07. The molecule has 0 saturated heterocycles. The van der Waals surface area contributed by atoms with Crippen LogP contribution in [0.15, 0.2) is 59.5 Å². The number of hydrogen-bond donors (Lipinski definition) is 3. The first-order chi connectivity index (χ1) is 10.2. The highest BCUT2D eigenvalue weighted by atomic mass is 16.3. The van der Waals surface area contributed by atoms with Crippen LogP contribution in [-0.2, 0) is 6.54 Å². The molecule has 1 heterocycles. The van der Waals surface area contributed by atoms with Crippen LogP contribution < -0.4 is 5.32 Å². The first-order valence-electron chi connectivity index (χ1n) is 6.46. The standard InChI is InChI=1S/C16H14N2O3/c19-14-6-1-11(7-15(14)20)8-18-13-4-2-12(3-5-13)16-9-17-10-21-16/h1-7,9-10,18-20H,8H2. The summed E-state index contributed by atoms with van der Waals surface area (Å²) in [5.74, 6) is 0.495. The van der Waals surface area contributed by atoms with Crippen LogP contribution in [-0.4, -0.2) is 15.2 Å². The minimum atomic E-state index is -0.116. The van der Waals surface area contributed by atoms with Crippen molar-refractivity contribution in [3.63, 3.8) is 0 Å². The Morgan fingerprint density at radius 3 is 2.48 bits per heavy atom. The number of aromatic nitrogens is 1. The summed E-state index contributed by atoms with van der Waals surface area (Å²) >= 11 is 0. The molecule has 0 saturated carbocycles. The molecule has 0 spiro atoms. The zero-order valence-corrected chi connectivity index (χ0v) is 11.2. The van der Waals surface area contributed by atoms with Gasteiger partial charge in [-0.3, -0.25) is 0 Å². The van der Waals surface area contributed by atoms with E-state index in [1.165, 1.54) is 18.5 Å². The zero-order chi connectivity index (χ0) is 14.7. The van der Waals surface area contributed by atoms with Crippen LogP contribution in [0, 0.1) is 0 Å². The molecule has 3 aromatic rings. The lowest BCUT2D eigenvalue weighted by molar-refractivity contribution is 0.403. The lowest BCUT2D eigenvalue weighted by Crippen LogP contribution is -1.98. The number of hydrogen-bond acceptors (Lipinski definition) is 5. The summed E-state index contributed by atoms with van der Waals surface area (Å²) in [5.41, 5.74) is 2.79.